The van der Waals surface area contributed by atoms with E-state index in [4.69, 9.17) is 9.52 Å². The van der Waals surface area contributed by atoms with Crippen LogP contribution in [0.1, 0.15) is 16.1 Å². The Labute approximate surface area is 131 Å². The Kier molecular flexibility index (Phi) is 3.93. The molecule has 1 aromatic heterocycles. The molecule has 0 aliphatic rings. The van der Waals surface area contributed by atoms with Crippen LogP contribution in [-0.4, -0.2) is 17.0 Å². The second-order valence-corrected chi connectivity index (χ2v) is 4.90. The molecule has 0 spiro atoms. The Morgan fingerprint density at radius 2 is 1.87 bits per heavy atom. The minimum Gasteiger partial charge on any atom is -0.478 e. The number of carbonyl (C=O) groups excluding carboxylic acids is 1. The lowest BCUT2D eigenvalue weighted by molar-refractivity contribution is -0.131. The van der Waals surface area contributed by atoms with Gasteiger partial charge in [-0.05, 0) is 35.9 Å². The van der Waals surface area contributed by atoms with E-state index < -0.39 is 5.97 Å². The molecule has 2 aromatic carbocycles. The van der Waals surface area contributed by atoms with E-state index in [2.05, 4.69) is 5.32 Å². The van der Waals surface area contributed by atoms with Crippen LogP contribution in [0.25, 0.3) is 17.0 Å². The van der Waals surface area contributed by atoms with Crippen molar-refractivity contribution in [2.75, 3.05) is 5.32 Å². The molecule has 2 N–H and O–H groups in total. The average Bonchev–Trinajstić information content (AvgIpc) is 2.97. The van der Waals surface area contributed by atoms with Gasteiger partial charge in [-0.2, -0.15) is 0 Å². The topological polar surface area (TPSA) is 79.5 Å². The summed E-state index contributed by atoms with van der Waals surface area (Å²) in [5.74, 6) is -1.17. The maximum atomic E-state index is 12.2. The summed E-state index contributed by atoms with van der Waals surface area (Å²) in [5.41, 5.74) is 1.88. The van der Waals surface area contributed by atoms with Gasteiger partial charge in [0.2, 0.25) is 0 Å². The maximum absolute atomic E-state index is 12.2. The summed E-state index contributed by atoms with van der Waals surface area (Å²) in [4.78, 5) is 22.8. The monoisotopic (exact) mass is 307 g/mol. The highest BCUT2D eigenvalue weighted by Gasteiger charge is 2.12. The van der Waals surface area contributed by atoms with Crippen molar-refractivity contribution in [2.45, 2.75) is 0 Å². The largest absolute Gasteiger partial charge is 0.478 e. The molecule has 114 valence electrons. The van der Waals surface area contributed by atoms with Crippen LogP contribution < -0.4 is 5.32 Å². The lowest BCUT2D eigenvalue weighted by Crippen LogP contribution is -2.10. The van der Waals surface area contributed by atoms with E-state index in [1.54, 1.807) is 36.4 Å². The van der Waals surface area contributed by atoms with E-state index in [9.17, 15) is 9.59 Å². The van der Waals surface area contributed by atoms with Gasteiger partial charge in [-0.15, -0.1) is 0 Å². The first kappa shape index (κ1) is 14.6. The van der Waals surface area contributed by atoms with Gasteiger partial charge in [0.25, 0.3) is 5.91 Å². The Morgan fingerprint density at radius 3 is 2.65 bits per heavy atom. The highest BCUT2D eigenvalue weighted by atomic mass is 16.4. The zero-order valence-corrected chi connectivity index (χ0v) is 12.0. The molecule has 23 heavy (non-hydrogen) atoms. The van der Waals surface area contributed by atoms with Crippen molar-refractivity contribution < 1.29 is 19.1 Å². The summed E-state index contributed by atoms with van der Waals surface area (Å²) >= 11 is 0. The molecular weight excluding hydrogens is 294 g/mol. The predicted octanol–water partition coefficient (Wildman–Crippen LogP) is 3.78. The van der Waals surface area contributed by atoms with Gasteiger partial charge >= 0.3 is 5.97 Å². The first-order valence-electron chi connectivity index (χ1n) is 6.93. The number of rotatable bonds is 4. The van der Waals surface area contributed by atoms with Gasteiger partial charge in [0.05, 0.1) is 0 Å². The van der Waals surface area contributed by atoms with Crippen molar-refractivity contribution in [3.63, 3.8) is 0 Å². The molecule has 0 aliphatic carbocycles. The molecule has 0 unspecified atom stereocenters. The van der Waals surface area contributed by atoms with Crippen molar-refractivity contribution in [1.29, 1.82) is 0 Å². The van der Waals surface area contributed by atoms with E-state index in [-0.39, 0.29) is 11.7 Å². The van der Waals surface area contributed by atoms with E-state index in [0.717, 1.165) is 11.5 Å². The van der Waals surface area contributed by atoms with Gasteiger partial charge in [0.15, 0.2) is 5.76 Å². The van der Waals surface area contributed by atoms with Gasteiger partial charge in [0.1, 0.15) is 5.58 Å². The van der Waals surface area contributed by atoms with Crippen molar-refractivity contribution in [3.05, 3.63) is 72.0 Å². The summed E-state index contributed by atoms with van der Waals surface area (Å²) in [6.07, 6.45) is 2.50. The molecule has 0 atom stereocenters. The lowest BCUT2D eigenvalue weighted by atomic mass is 10.2. The number of furan rings is 1. The molecule has 1 heterocycles. The number of carboxylic acids is 1. The number of amides is 1. The highest BCUT2D eigenvalue weighted by molar-refractivity contribution is 6.04. The van der Waals surface area contributed by atoms with Crippen molar-refractivity contribution in [1.82, 2.24) is 0 Å². The van der Waals surface area contributed by atoms with Crippen LogP contribution in [0.2, 0.25) is 0 Å². The lowest BCUT2D eigenvalue weighted by Gasteiger charge is -2.04. The molecule has 0 radical (unpaired) electrons. The Morgan fingerprint density at radius 1 is 1.04 bits per heavy atom. The van der Waals surface area contributed by atoms with E-state index in [1.165, 1.54) is 6.08 Å². The number of hydrogen-bond donors (Lipinski definition) is 2. The Bertz CT molecular complexity index is 875. The minimum absolute atomic E-state index is 0.220. The summed E-state index contributed by atoms with van der Waals surface area (Å²) in [5, 5.41) is 12.2. The molecule has 0 fully saturated rings. The number of nitrogens with one attached hydrogen (secondary N) is 1. The van der Waals surface area contributed by atoms with Crippen LogP contribution >= 0.6 is 0 Å². The summed E-state index contributed by atoms with van der Waals surface area (Å²) in [6, 6.07) is 15.9. The number of para-hydroxylation sites is 1. The predicted molar refractivity (Wildman–Crippen MR) is 87.3 cm³/mol. The number of carbonyl (C=O) groups is 2. The molecule has 1 amide bonds. The summed E-state index contributed by atoms with van der Waals surface area (Å²) in [6.45, 7) is 0. The van der Waals surface area contributed by atoms with Gasteiger partial charge < -0.3 is 14.8 Å². The number of anilines is 1. The normalized spacial score (nSPS) is 11.0. The molecule has 5 heteroatoms. The molecule has 3 rings (SSSR count). The SMILES string of the molecule is O=C(O)/C=C/c1cccc(NC(=O)c2cc3ccccc3o2)c1. The molecule has 0 saturated carbocycles. The van der Waals surface area contributed by atoms with Crippen LogP contribution in [0.4, 0.5) is 5.69 Å². The zero-order chi connectivity index (χ0) is 16.2. The quantitative estimate of drug-likeness (QED) is 0.719. The van der Waals surface area contributed by atoms with Crippen LogP contribution in [0.15, 0.2) is 65.1 Å². The summed E-state index contributed by atoms with van der Waals surface area (Å²) < 4.78 is 5.51. The first-order chi connectivity index (χ1) is 11.1. The molecule has 0 saturated heterocycles. The average molecular weight is 307 g/mol. The summed E-state index contributed by atoms with van der Waals surface area (Å²) in [7, 11) is 0. The minimum atomic E-state index is -1.03. The standard InChI is InChI=1S/C18H13NO4/c20-17(21)9-8-12-4-3-6-14(10-12)19-18(22)16-11-13-5-1-2-7-15(13)23-16/h1-11H,(H,19,22)(H,20,21)/b9-8+. The van der Waals surface area contributed by atoms with Crippen molar-refractivity contribution >= 4 is 34.6 Å². The third kappa shape index (κ3) is 3.47. The fourth-order valence-electron chi connectivity index (χ4n) is 2.17. The van der Waals surface area contributed by atoms with E-state index >= 15 is 0 Å². The zero-order valence-electron chi connectivity index (χ0n) is 12.0. The molecule has 5 nitrogen and oxygen atoms in total. The van der Waals surface area contributed by atoms with Crippen LogP contribution in [-0.2, 0) is 4.79 Å². The molecule has 3 aromatic rings. The van der Waals surface area contributed by atoms with E-state index in [1.807, 2.05) is 18.2 Å². The van der Waals surface area contributed by atoms with Crippen molar-refractivity contribution in [3.8, 4) is 0 Å². The van der Waals surface area contributed by atoms with Crippen LogP contribution in [0.5, 0.6) is 0 Å². The second-order valence-electron chi connectivity index (χ2n) is 4.90. The Balaban J connectivity index is 1.79. The first-order valence-corrected chi connectivity index (χ1v) is 6.93. The van der Waals surface area contributed by atoms with E-state index in [0.29, 0.717) is 16.8 Å². The van der Waals surface area contributed by atoms with Gasteiger partial charge in [-0.1, -0.05) is 30.3 Å². The van der Waals surface area contributed by atoms with Gasteiger partial charge in [0, 0.05) is 17.1 Å². The van der Waals surface area contributed by atoms with Gasteiger partial charge in [-0.25, -0.2) is 4.79 Å². The maximum Gasteiger partial charge on any atom is 0.328 e. The van der Waals surface area contributed by atoms with Gasteiger partial charge in [-0.3, -0.25) is 4.79 Å². The number of benzene rings is 2. The van der Waals surface area contributed by atoms with Crippen LogP contribution in [0, 0.1) is 0 Å². The van der Waals surface area contributed by atoms with Crippen molar-refractivity contribution in [2.24, 2.45) is 0 Å². The number of carboxylic acid groups (broad SMARTS) is 1. The molecular formula is C18H13NO4. The number of fused-ring (bicyclic) bond motifs is 1. The second kappa shape index (κ2) is 6.19. The number of hydrogen-bond acceptors (Lipinski definition) is 3. The fraction of sp³-hybridized carbons (Fsp3) is 0. The molecule has 0 aliphatic heterocycles. The van der Waals surface area contributed by atoms with Crippen LogP contribution in [0.3, 0.4) is 0 Å². The Hall–Kier alpha value is -3.34. The molecule has 0 bridgehead atoms. The highest BCUT2D eigenvalue weighted by Crippen LogP contribution is 2.20. The fourth-order valence-corrected chi connectivity index (χ4v) is 2.17. The third-order valence-corrected chi connectivity index (χ3v) is 3.21. The third-order valence-electron chi connectivity index (χ3n) is 3.21. The number of aliphatic carboxylic acids is 1. The smallest absolute Gasteiger partial charge is 0.328 e.